The van der Waals surface area contributed by atoms with Crippen LogP contribution in [-0.2, 0) is 4.74 Å². The van der Waals surface area contributed by atoms with Gasteiger partial charge in [0, 0.05) is 6.61 Å². The highest BCUT2D eigenvalue weighted by Crippen LogP contribution is 2.60. The third kappa shape index (κ3) is 1.75. The van der Waals surface area contributed by atoms with Crippen molar-refractivity contribution in [1.82, 2.24) is 0 Å². The Kier molecular flexibility index (Phi) is 2.37. The van der Waals surface area contributed by atoms with Gasteiger partial charge in [-0.2, -0.15) is 0 Å². The van der Waals surface area contributed by atoms with Crippen molar-refractivity contribution in [2.24, 2.45) is 11.3 Å². The van der Waals surface area contributed by atoms with Crippen molar-refractivity contribution in [2.45, 2.75) is 51.7 Å². The van der Waals surface area contributed by atoms with Gasteiger partial charge in [-0.3, -0.25) is 0 Å². The van der Waals surface area contributed by atoms with Gasteiger partial charge in [-0.05, 0) is 50.9 Å². The van der Waals surface area contributed by atoms with Crippen LogP contribution in [0.2, 0.25) is 0 Å². The fourth-order valence-electron chi connectivity index (χ4n) is 2.70. The Hall–Kier alpha value is -0.0800. The van der Waals surface area contributed by atoms with E-state index in [2.05, 4.69) is 13.8 Å². The second-order valence-electron chi connectivity index (χ2n) is 5.02. The van der Waals surface area contributed by atoms with Crippen molar-refractivity contribution in [3.63, 3.8) is 0 Å². The van der Waals surface area contributed by atoms with Gasteiger partial charge in [-0.25, -0.2) is 0 Å². The first-order valence-electron chi connectivity index (χ1n) is 5.42. The van der Waals surface area contributed by atoms with Gasteiger partial charge in [0.1, 0.15) is 0 Å². The summed E-state index contributed by atoms with van der Waals surface area (Å²) in [5.41, 5.74) is 0.484. The van der Waals surface area contributed by atoms with Crippen LogP contribution in [0.5, 0.6) is 0 Å². The standard InChI is InChI=1S/C11H20O2/c1-8(2)13-10-5-9(7-12)6-11(10)3-4-11/h8-10,12H,3-7H2,1-2H3/t9?,10-/m1/s1. The van der Waals surface area contributed by atoms with Crippen LogP contribution in [-0.4, -0.2) is 23.9 Å². The quantitative estimate of drug-likeness (QED) is 0.726. The van der Waals surface area contributed by atoms with E-state index >= 15 is 0 Å². The molecule has 2 aliphatic carbocycles. The smallest absolute Gasteiger partial charge is 0.0638 e. The first-order valence-corrected chi connectivity index (χ1v) is 5.42. The van der Waals surface area contributed by atoms with Gasteiger partial charge in [-0.15, -0.1) is 0 Å². The summed E-state index contributed by atoms with van der Waals surface area (Å²) in [5.74, 6) is 0.506. The van der Waals surface area contributed by atoms with Gasteiger partial charge < -0.3 is 9.84 Å². The molecular weight excluding hydrogens is 164 g/mol. The maximum absolute atomic E-state index is 9.12. The molecule has 2 nitrogen and oxygen atoms in total. The maximum atomic E-state index is 9.12. The summed E-state index contributed by atoms with van der Waals surface area (Å²) < 4.78 is 5.91. The van der Waals surface area contributed by atoms with Gasteiger partial charge in [0.05, 0.1) is 12.2 Å². The van der Waals surface area contributed by atoms with E-state index in [1.165, 1.54) is 19.3 Å². The van der Waals surface area contributed by atoms with E-state index in [1.54, 1.807) is 0 Å². The fourth-order valence-corrected chi connectivity index (χ4v) is 2.70. The summed E-state index contributed by atoms with van der Waals surface area (Å²) in [5, 5.41) is 9.12. The van der Waals surface area contributed by atoms with E-state index in [0.29, 0.717) is 30.1 Å². The van der Waals surface area contributed by atoms with Crippen LogP contribution in [0.15, 0.2) is 0 Å². The van der Waals surface area contributed by atoms with Crippen molar-refractivity contribution in [1.29, 1.82) is 0 Å². The summed E-state index contributed by atoms with van der Waals surface area (Å²) in [4.78, 5) is 0. The molecular formula is C11H20O2. The normalized spacial score (nSPS) is 36.0. The molecule has 1 N–H and O–H groups in total. The van der Waals surface area contributed by atoms with E-state index in [0.717, 1.165) is 6.42 Å². The zero-order valence-electron chi connectivity index (χ0n) is 8.62. The third-order valence-electron chi connectivity index (χ3n) is 3.51. The lowest BCUT2D eigenvalue weighted by atomic mass is 10.0. The van der Waals surface area contributed by atoms with Gasteiger partial charge in [-0.1, -0.05) is 0 Å². The zero-order chi connectivity index (χ0) is 9.47. The second kappa shape index (κ2) is 3.25. The molecule has 13 heavy (non-hydrogen) atoms. The largest absolute Gasteiger partial charge is 0.396 e. The lowest BCUT2D eigenvalue weighted by Crippen LogP contribution is -2.23. The first kappa shape index (κ1) is 9.47. The highest BCUT2D eigenvalue weighted by molar-refractivity contribution is 5.06. The van der Waals surface area contributed by atoms with E-state index in [-0.39, 0.29) is 0 Å². The molecule has 1 spiro atoms. The Morgan fingerprint density at radius 1 is 1.46 bits per heavy atom. The number of ether oxygens (including phenoxy) is 1. The predicted octanol–water partition coefficient (Wildman–Crippen LogP) is 1.96. The SMILES string of the molecule is CC(C)O[C@@H]1CC(CO)CC12CC2. The summed E-state index contributed by atoms with van der Waals surface area (Å²) in [7, 11) is 0. The maximum Gasteiger partial charge on any atom is 0.0638 e. The molecule has 2 fully saturated rings. The Bertz CT molecular complexity index is 185. The van der Waals surface area contributed by atoms with Crippen molar-refractivity contribution in [3.05, 3.63) is 0 Å². The second-order valence-corrected chi connectivity index (χ2v) is 5.02. The van der Waals surface area contributed by atoms with Crippen LogP contribution in [0.1, 0.15) is 39.5 Å². The number of aliphatic hydroxyl groups excluding tert-OH is 1. The molecule has 0 aliphatic heterocycles. The van der Waals surface area contributed by atoms with Crippen molar-refractivity contribution < 1.29 is 9.84 Å². The minimum Gasteiger partial charge on any atom is -0.396 e. The Labute approximate surface area is 80.3 Å². The van der Waals surface area contributed by atoms with Crippen LogP contribution in [0.3, 0.4) is 0 Å². The molecule has 0 radical (unpaired) electrons. The molecule has 0 aromatic heterocycles. The molecule has 2 atom stereocenters. The van der Waals surface area contributed by atoms with E-state index < -0.39 is 0 Å². The molecule has 76 valence electrons. The van der Waals surface area contributed by atoms with Crippen LogP contribution < -0.4 is 0 Å². The average molecular weight is 184 g/mol. The molecule has 0 aromatic rings. The molecule has 0 heterocycles. The number of aliphatic hydroxyl groups is 1. The third-order valence-corrected chi connectivity index (χ3v) is 3.51. The van der Waals surface area contributed by atoms with Crippen molar-refractivity contribution >= 4 is 0 Å². The van der Waals surface area contributed by atoms with Crippen LogP contribution in [0, 0.1) is 11.3 Å². The van der Waals surface area contributed by atoms with Crippen LogP contribution >= 0.6 is 0 Å². The molecule has 2 aliphatic rings. The highest BCUT2D eigenvalue weighted by atomic mass is 16.5. The summed E-state index contributed by atoms with van der Waals surface area (Å²) in [6.07, 6.45) is 5.68. The minimum absolute atomic E-state index is 0.333. The monoisotopic (exact) mass is 184 g/mol. The van der Waals surface area contributed by atoms with E-state index in [1.807, 2.05) is 0 Å². The van der Waals surface area contributed by atoms with Gasteiger partial charge >= 0.3 is 0 Å². The highest BCUT2D eigenvalue weighted by Gasteiger charge is 2.55. The average Bonchev–Trinajstić information content (AvgIpc) is 2.73. The fraction of sp³-hybridized carbons (Fsp3) is 1.00. The Balaban J connectivity index is 1.95. The minimum atomic E-state index is 0.333. The topological polar surface area (TPSA) is 29.5 Å². The lowest BCUT2D eigenvalue weighted by Gasteiger charge is -2.21. The van der Waals surface area contributed by atoms with Crippen molar-refractivity contribution in [3.8, 4) is 0 Å². The molecule has 0 saturated heterocycles. The number of hydrogen-bond acceptors (Lipinski definition) is 2. The van der Waals surface area contributed by atoms with Gasteiger partial charge in [0.2, 0.25) is 0 Å². The van der Waals surface area contributed by atoms with Crippen LogP contribution in [0.4, 0.5) is 0 Å². The Morgan fingerprint density at radius 3 is 2.62 bits per heavy atom. The first-order chi connectivity index (χ1) is 6.16. The lowest BCUT2D eigenvalue weighted by molar-refractivity contribution is -0.0222. The zero-order valence-corrected chi connectivity index (χ0v) is 8.62. The van der Waals surface area contributed by atoms with Crippen LogP contribution in [0.25, 0.3) is 0 Å². The van der Waals surface area contributed by atoms with Gasteiger partial charge in [0.25, 0.3) is 0 Å². The number of rotatable bonds is 3. The van der Waals surface area contributed by atoms with E-state index in [9.17, 15) is 0 Å². The van der Waals surface area contributed by atoms with Crippen molar-refractivity contribution in [2.75, 3.05) is 6.61 Å². The van der Waals surface area contributed by atoms with E-state index in [4.69, 9.17) is 9.84 Å². The summed E-state index contributed by atoms with van der Waals surface area (Å²) >= 11 is 0. The molecule has 0 aromatic carbocycles. The molecule has 0 amide bonds. The predicted molar refractivity (Wildman–Crippen MR) is 51.5 cm³/mol. The molecule has 2 rings (SSSR count). The molecule has 1 unspecified atom stereocenters. The summed E-state index contributed by atoms with van der Waals surface area (Å²) in [6.45, 7) is 4.55. The molecule has 2 heteroatoms. The number of hydrogen-bond donors (Lipinski definition) is 1. The summed E-state index contributed by atoms with van der Waals surface area (Å²) in [6, 6.07) is 0. The molecule has 2 saturated carbocycles. The Morgan fingerprint density at radius 2 is 2.15 bits per heavy atom. The molecule has 0 bridgehead atoms. The van der Waals surface area contributed by atoms with Gasteiger partial charge in [0.15, 0.2) is 0 Å².